The molecule has 1 aromatic heterocycles. The highest BCUT2D eigenvalue weighted by atomic mass is 32.1. The Kier molecular flexibility index (Phi) is 4.23. The van der Waals surface area contributed by atoms with Crippen LogP contribution < -0.4 is 5.73 Å². The fourth-order valence-corrected chi connectivity index (χ4v) is 3.63. The molecule has 0 saturated carbocycles. The van der Waals surface area contributed by atoms with Gasteiger partial charge in [0.05, 0.1) is 0 Å². The summed E-state index contributed by atoms with van der Waals surface area (Å²) in [6, 6.07) is 2.86. The third-order valence-electron chi connectivity index (χ3n) is 4.12. The zero-order chi connectivity index (χ0) is 12.4. The van der Waals surface area contributed by atoms with Crippen molar-refractivity contribution in [3.8, 4) is 0 Å². The van der Waals surface area contributed by atoms with E-state index >= 15 is 0 Å². The van der Waals surface area contributed by atoms with Crippen LogP contribution in [0.25, 0.3) is 0 Å². The first-order valence-corrected chi connectivity index (χ1v) is 7.51. The van der Waals surface area contributed by atoms with Gasteiger partial charge in [0, 0.05) is 24.0 Å². The maximum Gasteiger partial charge on any atom is 0.0331 e. The van der Waals surface area contributed by atoms with Gasteiger partial charge in [0.2, 0.25) is 0 Å². The second-order valence-corrected chi connectivity index (χ2v) is 6.46. The predicted octanol–water partition coefficient (Wildman–Crippen LogP) is 2.90. The first-order chi connectivity index (χ1) is 8.13. The molecule has 0 bridgehead atoms. The Morgan fingerprint density at radius 3 is 2.94 bits per heavy atom. The molecule has 0 aliphatic carbocycles. The van der Waals surface area contributed by atoms with Crippen molar-refractivity contribution in [3.63, 3.8) is 0 Å². The molecule has 0 saturated heterocycles. The smallest absolute Gasteiger partial charge is 0.0331 e. The van der Waals surface area contributed by atoms with Crippen LogP contribution in [0.5, 0.6) is 0 Å². The molecule has 1 aliphatic rings. The summed E-state index contributed by atoms with van der Waals surface area (Å²) in [7, 11) is 0. The molecular formula is C14H24N2S. The lowest BCUT2D eigenvalue weighted by atomic mass is 9.93. The van der Waals surface area contributed by atoms with E-state index in [1.54, 1.807) is 10.4 Å². The van der Waals surface area contributed by atoms with Crippen molar-refractivity contribution in [1.82, 2.24) is 4.90 Å². The van der Waals surface area contributed by atoms with E-state index in [0.29, 0.717) is 17.9 Å². The van der Waals surface area contributed by atoms with Crippen molar-refractivity contribution >= 4 is 11.3 Å². The van der Waals surface area contributed by atoms with Gasteiger partial charge >= 0.3 is 0 Å². The van der Waals surface area contributed by atoms with Crippen molar-refractivity contribution in [2.45, 2.75) is 33.2 Å². The Morgan fingerprint density at radius 2 is 2.29 bits per heavy atom. The number of hydrogen-bond donors (Lipinski definition) is 1. The first kappa shape index (κ1) is 13.1. The van der Waals surface area contributed by atoms with Gasteiger partial charge < -0.3 is 5.73 Å². The second kappa shape index (κ2) is 5.51. The van der Waals surface area contributed by atoms with E-state index in [1.807, 2.05) is 11.3 Å². The fraction of sp³-hybridized carbons (Fsp3) is 0.714. The van der Waals surface area contributed by atoms with Crippen LogP contribution in [0.1, 0.15) is 37.3 Å². The highest BCUT2D eigenvalue weighted by Gasteiger charge is 2.26. The quantitative estimate of drug-likeness (QED) is 0.893. The van der Waals surface area contributed by atoms with Gasteiger partial charge in [-0.2, -0.15) is 0 Å². The second-order valence-electron chi connectivity index (χ2n) is 5.46. The van der Waals surface area contributed by atoms with Gasteiger partial charge in [-0.1, -0.05) is 13.8 Å². The molecule has 2 heterocycles. The van der Waals surface area contributed by atoms with Crippen LogP contribution in [0.3, 0.4) is 0 Å². The number of thiophene rings is 1. The van der Waals surface area contributed by atoms with Crippen LogP contribution in [-0.2, 0) is 6.42 Å². The van der Waals surface area contributed by atoms with Crippen molar-refractivity contribution < 1.29 is 0 Å². The minimum atomic E-state index is 0.567. The van der Waals surface area contributed by atoms with E-state index in [4.69, 9.17) is 5.73 Å². The van der Waals surface area contributed by atoms with Crippen LogP contribution in [0.2, 0.25) is 0 Å². The van der Waals surface area contributed by atoms with Crippen molar-refractivity contribution in [2.75, 3.05) is 19.6 Å². The lowest BCUT2D eigenvalue weighted by Gasteiger charge is -2.36. The Morgan fingerprint density at radius 1 is 1.53 bits per heavy atom. The van der Waals surface area contributed by atoms with Crippen LogP contribution in [0, 0.1) is 11.8 Å². The first-order valence-electron chi connectivity index (χ1n) is 6.63. The van der Waals surface area contributed by atoms with Gasteiger partial charge in [0.15, 0.2) is 0 Å². The molecule has 0 radical (unpaired) electrons. The molecule has 96 valence electrons. The number of fused-ring (bicyclic) bond motifs is 1. The minimum Gasteiger partial charge on any atom is -0.330 e. The largest absolute Gasteiger partial charge is 0.330 e. The molecule has 2 unspecified atom stereocenters. The summed E-state index contributed by atoms with van der Waals surface area (Å²) >= 11 is 1.91. The third-order valence-corrected chi connectivity index (χ3v) is 5.11. The molecule has 0 amide bonds. The lowest BCUT2D eigenvalue weighted by molar-refractivity contribution is 0.152. The maximum absolute atomic E-state index is 5.89. The maximum atomic E-state index is 5.89. The lowest BCUT2D eigenvalue weighted by Crippen LogP contribution is -2.40. The van der Waals surface area contributed by atoms with Gasteiger partial charge in [-0.15, -0.1) is 11.3 Å². The van der Waals surface area contributed by atoms with Gasteiger partial charge in [-0.25, -0.2) is 0 Å². The Hall–Kier alpha value is -0.380. The minimum absolute atomic E-state index is 0.567. The van der Waals surface area contributed by atoms with Crippen molar-refractivity contribution in [2.24, 2.45) is 17.6 Å². The molecule has 2 nitrogen and oxygen atoms in total. The van der Waals surface area contributed by atoms with E-state index in [-0.39, 0.29) is 0 Å². The monoisotopic (exact) mass is 252 g/mol. The van der Waals surface area contributed by atoms with E-state index in [9.17, 15) is 0 Å². The van der Waals surface area contributed by atoms with E-state index in [1.165, 1.54) is 13.0 Å². The zero-order valence-corrected chi connectivity index (χ0v) is 12.0. The molecule has 0 spiro atoms. The highest BCUT2D eigenvalue weighted by Crippen LogP contribution is 2.33. The summed E-state index contributed by atoms with van der Waals surface area (Å²) in [6.07, 6.45) is 1.22. The Labute approximate surface area is 109 Å². The van der Waals surface area contributed by atoms with Gasteiger partial charge in [0.25, 0.3) is 0 Å². The van der Waals surface area contributed by atoms with Gasteiger partial charge in [-0.3, -0.25) is 4.90 Å². The van der Waals surface area contributed by atoms with Gasteiger partial charge in [-0.05, 0) is 48.7 Å². The molecular weight excluding hydrogens is 228 g/mol. The van der Waals surface area contributed by atoms with E-state index in [0.717, 1.165) is 13.1 Å². The van der Waals surface area contributed by atoms with Crippen molar-refractivity contribution in [3.05, 3.63) is 21.9 Å². The summed E-state index contributed by atoms with van der Waals surface area (Å²) in [5.74, 6) is 1.30. The molecule has 17 heavy (non-hydrogen) atoms. The summed E-state index contributed by atoms with van der Waals surface area (Å²) in [5.41, 5.74) is 7.43. The molecule has 0 fully saturated rings. The highest BCUT2D eigenvalue weighted by molar-refractivity contribution is 7.10. The SMILES string of the molecule is CC(C)C(CN)CN1CCc2sccc2C1C. The molecule has 1 aliphatic heterocycles. The number of nitrogens with zero attached hydrogens (tertiary/aromatic N) is 1. The molecule has 0 aromatic carbocycles. The summed E-state index contributed by atoms with van der Waals surface area (Å²) in [5, 5.41) is 2.23. The van der Waals surface area contributed by atoms with Crippen LogP contribution in [-0.4, -0.2) is 24.5 Å². The molecule has 3 heteroatoms. The summed E-state index contributed by atoms with van der Waals surface area (Å²) in [4.78, 5) is 4.19. The average Bonchev–Trinajstić information content (AvgIpc) is 2.76. The third kappa shape index (κ3) is 2.72. The number of rotatable bonds is 4. The summed E-state index contributed by atoms with van der Waals surface area (Å²) in [6.45, 7) is 10.0. The Bertz CT molecular complexity index is 359. The van der Waals surface area contributed by atoms with Crippen molar-refractivity contribution in [1.29, 1.82) is 0 Å². The number of nitrogens with two attached hydrogens (primary N) is 1. The molecule has 1 aromatic rings. The summed E-state index contributed by atoms with van der Waals surface area (Å²) < 4.78 is 0. The topological polar surface area (TPSA) is 29.3 Å². The standard InChI is InChI=1S/C14H24N2S/c1-10(2)12(8-15)9-16-6-4-14-13(11(16)3)5-7-17-14/h5,7,10-12H,4,6,8-9,15H2,1-3H3. The Balaban J connectivity index is 2.04. The van der Waals surface area contributed by atoms with Gasteiger partial charge in [0.1, 0.15) is 0 Å². The van der Waals surface area contributed by atoms with Crippen LogP contribution >= 0.6 is 11.3 Å². The van der Waals surface area contributed by atoms with Crippen LogP contribution in [0.15, 0.2) is 11.4 Å². The molecule has 2 N–H and O–H groups in total. The van der Waals surface area contributed by atoms with E-state index < -0.39 is 0 Å². The average molecular weight is 252 g/mol. The number of hydrogen-bond acceptors (Lipinski definition) is 3. The van der Waals surface area contributed by atoms with Crippen LogP contribution in [0.4, 0.5) is 0 Å². The zero-order valence-electron chi connectivity index (χ0n) is 11.1. The fourth-order valence-electron chi connectivity index (χ4n) is 2.67. The normalized spacial score (nSPS) is 22.8. The predicted molar refractivity (Wildman–Crippen MR) is 75.4 cm³/mol. The van der Waals surface area contributed by atoms with E-state index in [2.05, 4.69) is 37.1 Å². The molecule has 2 rings (SSSR count). The molecule has 2 atom stereocenters.